The van der Waals surface area contributed by atoms with Gasteiger partial charge in [0.15, 0.2) is 5.82 Å². The summed E-state index contributed by atoms with van der Waals surface area (Å²) >= 11 is 0. The van der Waals surface area contributed by atoms with Crippen LogP contribution in [-0.4, -0.2) is 50.5 Å². The monoisotopic (exact) mass is 444 g/mol. The minimum absolute atomic E-state index is 0.0266. The molecule has 168 valence electrons. The van der Waals surface area contributed by atoms with Crippen LogP contribution in [0.3, 0.4) is 0 Å². The summed E-state index contributed by atoms with van der Waals surface area (Å²) in [5.74, 6) is 1.23. The molecule has 1 fully saturated rings. The van der Waals surface area contributed by atoms with Crippen LogP contribution < -0.4 is 5.32 Å². The SMILES string of the molecule is CNc1cc(C2CCCN(C(=O)Cn3ccc4ccc(F)cc43)C2)nc(-c2ccncc2)n1. The van der Waals surface area contributed by atoms with Gasteiger partial charge in [0, 0.05) is 56.3 Å². The molecule has 0 spiro atoms. The molecule has 4 heterocycles. The number of pyridine rings is 1. The molecular weight excluding hydrogens is 419 g/mol. The van der Waals surface area contributed by atoms with E-state index in [1.807, 2.05) is 47.0 Å². The maximum absolute atomic E-state index is 13.7. The molecule has 1 unspecified atom stereocenters. The van der Waals surface area contributed by atoms with Crippen molar-refractivity contribution in [1.82, 2.24) is 24.4 Å². The van der Waals surface area contributed by atoms with Crippen LogP contribution in [0.25, 0.3) is 22.3 Å². The van der Waals surface area contributed by atoms with Crippen molar-refractivity contribution < 1.29 is 9.18 Å². The Hall–Kier alpha value is -3.81. The van der Waals surface area contributed by atoms with E-state index in [0.717, 1.165) is 40.8 Å². The van der Waals surface area contributed by atoms with Gasteiger partial charge >= 0.3 is 0 Å². The van der Waals surface area contributed by atoms with Gasteiger partial charge in [0.2, 0.25) is 5.91 Å². The number of nitrogens with one attached hydrogen (secondary N) is 1. The van der Waals surface area contributed by atoms with Gasteiger partial charge in [-0.15, -0.1) is 0 Å². The Morgan fingerprint density at radius 1 is 1.15 bits per heavy atom. The summed E-state index contributed by atoms with van der Waals surface area (Å²) in [5, 5.41) is 4.04. The molecule has 0 radical (unpaired) electrons. The molecule has 1 aliphatic heterocycles. The predicted octanol–water partition coefficient (Wildman–Crippen LogP) is 4.08. The molecule has 8 heteroatoms. The highest BCUT2D eigenvalue weighted by atomic mass is 19.1. The number of amides is 1. The third-order valence-electron chi connectivity index (χ3n) is 6.17. The fourth-order valence-electron chi connectivity index (χ4n) is 4.42. The summed E-state index contributed by atoms with van der Waals surface area (Å²) in [6.07, 6.45) is 7.15. The van der Waals surface area contributed by atoms with Crippen LogP contribution in [0.4, 0.5) is 10.2 Å². The van der Waals surface area contributed by atoms with Gasteiger partial charge in [0.1, 0.15) is 18.2 Å². The molecule has 1 atom stereocenters. The van der Waals surface area contributed by atoms with Gasteiger partial charge in [-0.25, -0.2) is 14.4 Å². The highest BCUT2D eigenvalue weighted by Crippen LogP contribution is 2.29. The second-order valence-corrected chi connectivity index (χ2v) is 8.31. The molecule has 1 amide bonds. The van der Waals surface area contributed by atoms with E-state index >= 15 is 0 Å². The molecular formula is C25H25FN6O. The Morgan fingerprint density at radius 3 is 2.82 bits per heavy atom. The average molecular weight is 445 g/mol. The Bertz CT molecular complexity index is 1290. The Morgan fingerprint density at radius 2 is 2.00 bits per heavy atom. The fraction of sp³-hybridized carbons (Fsp3) is 0.280. The summed E-state index contributed by atoms with van der Waals surface area (Å²) in [6.45, 7) is 1.50. The number of carbonyl (C=O) groups excluding carboxylic acids is 1. The van der Waals surface area contributed by atoms with Gasteiger partial charge < -0.3 is 14.8 Å². The zero-order chi connectivity index (χ0) is 22.8. The van der Waals surface area contributed by atoms with Crippen molar-refractivity contribution in [2.45, 2.75) is 25.3 Å². The van der Waals surface area contributed by atoms with E-state index < -0.39 is 0 Å². The molecule has 5 rings (SSSR count). The van der Waals surface area contributed by atoms with Crippen molar-refractivity contribution in [1.29, 1.82) is 0 Å². The number of nitrogens with zero attached hydrogens (tertiary/aromatic N) is 5. The van der Waals surface area contributed by atoms with Crippen LogP contribution in [-0.2, 0) is 11.3 Å². The van der Waals surface area contributed by atoms with E-state index in [1.54, 1.807) is 18.5 Å². The maximum atomic E-state index is 13.7. The average Bonchev–Trinajstić information content (AvgIpc) is 3.26. The summed E-state index contributed by atoms with van der Waals surface area (Å²) < 4.78 is 15.5. The Kier molecular flexibility index (Phi) is 5.73. The van der Waals surface area contributed by atoms with E-state index in [4.69, 9.17) is 4.98 Å². The first-order valence-electron chi connectivity index (χ1n) is 11.1. The third-order valence-corrected chi connectivity index (χ3v) is 6.17. The number of hydrogen-bond acceptors (Lipinski definition) is 5. The van der Waals surface area contributed by atoms with Gasteiger partial charge in [0.05, 0.1) is 11.2 Å². The van der Waals surface area contributed by atoms with Crippen LogP contribution in [0.15, 0.2) is 61.1 Å². The molecule has 1 N–H and O–H groups in total. The Labute approximate surface area is 191 Å². The highest BCUT2D eigenvalue weighted by Gasteiger charge is 2.27. The molecule has 7 nitrogen and oxygen atoms in total. The lowest BCUT2D eigenvalue weighted by atomic mass is 9.94. The zero-order valence-electron chi connectivity index (χ0n) is 18.4. The first kappa shape index (κ1) is 21.1. The molecule has 1 aliphatic rings. The molecule has 0 bridgehead atoms. The molecule has 1 aromatic carbocycles. The van der Waals surface area contributed by atoms with Crippen LogP contribution in [0.2, 0.25) is 0 Å². The lowest BCUT2D eigenvalue weighted by Gasteiger charge is -2.33. The van der Waals surface area contributed by atoms with E-state index in [2.05, 4.69) is 15.3 Å². The predicted molar refractivity (Wildman–Crippen MR) is 125 cm³/mol. The van der Waals surface area contributed by atoms with Gasteiger partial charge in [-0.1, -0.05) is 0 Å². The molecule has 1 saturated heterocycles. The first-order valence-corrected chi connectivity index (χ1v) is 11.1. The first-order chi connectivity index (χ1) is 16.1. The third kappa shape index (κ3) is 4.41. The largest absolute Gasteiger partial charge is 0.373 e. The normalized spacial score (nSPS) is 16.2. The number of carbonyl (C=O) groups is 1. The van der Waals surface area contributed by atoms with E-state index in [1.165, 1.54) is 12.1 Å². The fourth-order valence-corrected chi connectivity index (χ4v) is 4.42. The van der Waals surface area contributed by atoms with Crippen LogP contribution in [0.5, 0.6) is 0 Å². The van der Waals surface area contributed by atoms with E-state index in [0.29, 0.717) is 18.9 Å². The number of piperidine rings is 1. The van der Waals surface area contributed by atoms with Gasteiger partial charge in [-0.2, -0.15) is 0 Å². The van der Waals surface area contributed by atoms with Crippen molar-refractivity contribution in [3.63, 3.8) is 0 Å². The van der Waals surface area contributed by atoms with E-state index in [9.17, 15) is 9.18 Å². The summed E-state index contributed by atoms with van der Waals surface area (Å²) in [6, 6.07) is 12.3. The van der Waals surface area contributed by atoms with E-state index in [-0.39, 0.29) is 24.2 Å². The quantitative estimate of drug-likeness (QED) is 0.502. The van der Waals surface area contributed by atoms with Crippen molar-refractivity contribution in [2.24, 2.45) is 0 Å². The number of fused-ring (bicyclic) bond motifs is 1. The number of hydrogen-bond donors (Lipinski definition) is 1. The number of anilines is 1. The van der Waals surface area contributed by atoms with Crippen molar-refractivity contribution in [3.05, 3.63) is 72.6 Å². The van der Waals surface area contributed by atoms with Gasteiger partial charge in [-0.3, -0.25) is 9.78 Å². The van der Waals surface area contributed by atoms with Gasteiger partial charge in [0.25, 0.3) is 0 Å². The molecule has 4 aromatic rings. The molecule has 3 aromatic heterocycles. The minimum Gasteiger partial charge on any atom is -0.373 e. The highest BCUT2D eigenvalue weighted by molar-refractivity contribution is 5.83. The maximum Gasteiger partial charge on any atom is 0.242 e. The van der Waals surface area contributed by atoms with Crippen LogP contribution >= 0.6 is 0 Å². The topological polar surface area (TPSA) is 75.9 Å². The second kappa shape index (κ2) is 8.97. The molecule has 0 aliphatic carbocycles. The van der Waals surface area contributed by atoms with Gasteiger partial charge in [-0.05, 0) is 54.6 Å². The number of aromatic nitrogens is 4. The summed E-state index contributed by atoms with van der Waals surface area (Å²) in [5.41, 5.74) is 2.55. The zero-order valence-corrected chi connectivity index (χ0v) is 18.4. The number of benzene rings is 1. The van der Waals surface area contributed by atoms with Crippen molar-refractivity contribution >= 4 is 22.6 Å². The minimum atomic E-state index is -0.304. The summed E-state index contributed by atoms with van der Waals surface area (Å²) in [7, 11) is 1.84. The standard InChI is InChI=1S/C25H25FN6O/c1-27-23-14-21(29-25(30-23)18-6-9-28-10-7-18)19-3-2-11-32(15-19)24(33)16-31-12-8-17-4-5-20(26)13-22(17)31/h4-10,12-14,19H,2-3,11,15-16H2,1H3,(H,27,29,30). The molecule has 0 saturated carbocycles. The number of likely N-dealkylation sites (tertiary alicyclic amines) is 1. The van der Waals surface area contributed by atoms with Crippen molar-refractivity contribution in [2.75, 3.05) is 25.5 Å². The number of halogens is 1. The summed E-state index contributed by atoms with van der Waals surface area (Å²) in [4.78, 5) is 28.5. The number of rotatable bonds is 5. The second-order valence-electron chi connectivity index (χ2n) is 8.31. The Balaban J connectivity index is 1.36. The molecule has 33 heavy (non-hydrogen) atoms. The smallest absolute Gasteiger partial charge is 0.242 e. The van der Waals surface area contributed by atoms with Crippen LogP contribution in [0, 0.1) is 5.82 Å². The van der Waals surface area contributed by atoms with Crippen molar-refractivity contribution in [3.8, 4) is 11.4 Å². The lowest BCUT2D eigenvalue weighted by molar-refractivity contribution is -0.133. The lowest BCUT2D eigenvalue weighted by Crippen LogP contribution is -2.41. The van der Waals surface area contributed by atoms with Crippen LogP contribution in [0.1, 0.15) is 24.5 Å².